The van der Waals surface area contributed by atoms with E-state index in [4.69, 9.17) is 9.15 Å². The molecule has 1 aliphatic heterocycles. The van der Waals surface area contributed by atoms with E-state index in [1.807, 2.05) is 0 Å². The highest BCUT2D eigenvalue weighted by atomic mass is 19.4. The van der Waals surface area contributed by atoms with Gasteiger partial charge in [-0.3, -0.25) is 0 Å². The smallest absolute Gasteiger partial charge is 0.410 e. The molecular weight excluding hydrogens is 406 g/mol. The Hall–Kier alpha value is -2.96. The first kappa shape index (κ1) is 21.7. The number of amides is 1. The number of benzene rings is 1. The Morgan fingerprint density at radius 3 is 2.63 bits per heavy atom. The van der Waals surface area contributed by atoms with Gasteiger partial charge in [-0.05, 0) is 26.8 Å². The van der Waals surface area contributed by atoms with Crippen LogP contribution in [0.25, 0.3) is 11.0 Å². The molecule has 0 spiro atoms. The number of nitrogens with zero attached hydrogens (tertiary/aromatic N) is 2. The highest BCUT2D eigenvalue weighted by molar-refractivity contribution is 5.93. The monoisotopic (exact) mass is 427 g/mol. The molecule has 0 radical (unpaired) electrons. The zero-order valence-corrected chi connectivity index (χ0v) is 16.6. The molecule has 0 unspecified atom stereocenters. The van der Waals surface area contributed by atoms with Gasteiger partial charge in [-0.1, -0.05) is 12.1 Å². The van der Waals surface area contributed by atoms with Crippen molar-refractivity contribution in [1.82, 2.24) is 4.90 Å². The van der Waals surface area contributed by atoms with Gasteiger partial charge >= 0.3 is 12.3 Å². The summed E-state index contributed by atoms with van der Waals surface area (Å²) in [5.74, 6) is -0.435. The van der Waals surface area contributed by atoms with Crippen LogP contribution in [0.3, 0.4) is 0 Å². The molecule has 1 saturated heterocycles. The van der Waals surface area contributed by atoms with Crippen LogP contribution in [0.2, 0.25) is 0 Å². The van der Waals surface area contributed by atoms with Gasteiger partial charge in [-0.15, -0.1) is 0 Å². The van der Waals surface area contributed by atoms with E-state index in [0.29, 0.717) is 0 Å². The van der Waals surface area contributed by atoms with Gasteiger partial charge in [-0.2, -0.15) is 18.4 Å². The molecule has 0 saturated carbocycles. The number of likely N-dealkylation sites (tertiary alicyclic amines) is 1. The number of hydrogen-bond acceptors (Lipinski definition) is 5. The number of para-hydroxylation sites is 1. The van der Waals surface area contributed by atoms with Crippen LogP contribution >= 0.6 is 0 Å². The number of nitriles is 1. The molecule has 1 aromatic carbocycles. The third-order valence-electron chi connectivity index (χ3n) is 4.54. The molecule has 2 atom stereocenters. The SMILES string of the molecule is CC(C)(C)OC(=O)N1C[C@H](F)[C@H](Nc2cccc3c(CC(F)(F)F)c(C#N)oc23)C1. The standard InChI is InChI=1S/C20H21F4N3O3/c1-19(2,3)30-18(28)27-9-13(21)15(10-27)26-14-6-4-5-11-12(7-20(22,23)24)16(8-25)29-17(11)14/h4-6,13,15,26H,7,9-10H2,1-3H3/t13-,15+/m0/s1. The number of nitrogens with one attached hydrogen (secondary N) is 1. The first-order chi connectivity index (χ1) is 13.9. The van der Waals surface area contributed by atoms with Gasteiger partial charge in [0.1, 0.15) is 17.8 Å². The van der Waals surface area contributed by atoms with Crippen molar-refractivity contribution in [3.63, 3.8) is 0 Å². The Balaban J connectivity index is 1.84. The molecule has 10 heteroatoms. The lowest BCUT2D eigenvalue weighted by Gasteiger charge is -2.24. The van der Waals surface area contributed by atoms with Gasteiger partial charge in [-0.25, -0.2) is 9.18 Å². The van der Waals surface area contributed by atoms with Gasteiger partial charge in [0.05, 0.1) is 24.7 Å². The summed E-state index contributed by atoms with van der Waals surface area (Å²) in [7, 11) is 0. The Bertz CT molecular complexity index is 988. The van der Waals surface area contributed by atoms with Crippen molar-refractivity contribution in [1.29, 1.82) is 5.26 Å². The molecule has 1 aliphatic rings. The molecule has 30 heavy (non-hydrogen) atoms. The van der Waals surface area contributed by atoms with Crippen molar-refractivity contribution in [3.8, 4) is 6.07 Å². The molecule has 1 amide bonds. The van der Waals surface area contributed by atoms with Crippen LogP contribution in [0.4, 0.5) is 28.0 Å². The first-order valence-electron chi connectivity index (χ1n) is 9.28. The second-order valence-electron chi connectivity index (χ2n) is 8.15. The fourth-order valence-electron chi connectivity index (χ4n) is 3.33. The zero-order chi connectivity index (χ0) is 22.3. The van der Waals surface area contributed by atoms with Crippen LogP contribution in [-0.4, -0.2) is 48.1 Å². The minimum atomic E-state index is -4.52. The fraction of sp³-hybridized carbons (Fsp3) is 0.500. The first-order valence-corrected chi connectivity index (χ1v) is 9.28. The summed E-state index contributed by atoms with van der Waals surface area (Å²) < 4.78 is 63.9. The van der Waals surface area contributed by atoms with Crippen LogP contribution < -0.4 is 5.32 Å². The number of carbonyl (C=O) groups is 1. The van der Waals surface area contributed by atoms with Gasteiger partial charge < -0.3 is 19.4 Å². The lowest BCUT2D eigenvalue weighted by molar-refractivity contribution is -0.127. The van der Waals surface area contributed by atoms with E-state index >= 15 is 0 Å². The molecule has 162 valence electrons. The molecule has 1 N–H and O–H groups in total. The van der Waals surface area contributed by atoms with Crippen molar-refractivity contribution >= 4 is 22.7 Å². The maximum atomic E-state index is 14.5. The number of anilines is 1. The fourth-order valence-corrected chi connectivity index (χ4v) is 3.33. The lowest BCUT2D eigenvalue weighted by atomic mass is 10.1. The van der Waals surface area contributed by atoms with Crippen LogP contribution in [0.1, 0.15) is 32.1 Å². The number of furan rings is 1. The summed E-state index contributed by atoms with van der Waals surface area (Å²) in [4.78, 5) is 13.4. The minimum absolute atomic E-state index is 0.00763. The average Bonchev–Trinajstić information content (AvgIpc) is 3.14. The second kappa shape index (κ2) is 7.70. The van der Waals surface area contributed by atoms with Crippen molar-refractivity contribution in [2.45, 2.75) is 51.2 Å². The number of rotatable bonds is 3. The van der Waals surface area contributed by atoms with E-state index in [1.165, 1.54) is 23.1 Å². The molecule has 1 fully saturated rings. The Labute approximate surface area is 170 Å². The predicted octanol–water partition coefficient (Wildman–Crippen LogP) is 4.78. The average molecular weight is 427 g/mol. The Kier molecular flexibility index (Phi) is 5.58. The second-order valence-corrected chi connectivity index (χ2v) is 8.15. The maximum Gasteiger partial charge on any atom is 0.410 e. The van der Waals surface area contributed by atoms with E-state index in [1.54, 1.807) is 26.8 Å². The highest BCUT2D eigenvalue weighted by Gasteiger charge is 2.38. The third-order valence-corrected chi connectivity index (χ3v) is 4.54. The summed E-state index contributed by atoms with van der Waals surface area (Å²) in [6.07, 6.45) is -7.90. The Morgan fingerprint density at radius 1 is 1.33 bits per heavy atom. The van der Waals surface area contributed by atoms with E-state index in [-0.39, 0.29) is 35.3 Å². The molecule has 0 bridgehead atoms. The van der Waals surface area contributed by atoms with E-state index in [2.05, 4.69) is 5.32 Å². The molecule has 1 aromatic heterocycles. The van der Waals surface area contributed by atoms with Crippen molar-refractivity contribution in [3.05, 3.63) is 29.5 Å². The summed E-state index contributed by atoms with van der Waals surface area (Å²) in [6, 6.07) is 5.26. The normalized spacial score (nSPS) is 19.7. The Morgan fingerprint density at radius 2 is 2.03 bits per heavy atom. The number of ether oxygens (including phenoxy) is 1. The van der Waals surface area contributed by atoms with Crippen molar-refractivity contribution in [2.24, 2.45) is 0 Å². The van der Waals surface area contributed by atoms with E-state index in [0.717, 1.165) is 0 Å². The number of carbonyl (C=O) groups excluding carboxylic acids is 1. The van der Waals surface area contributed by atoms with Crippen molar-refractivity contribution in [2.75, 3.05) is 18.4 Å². The minimum Gasteiger partial charge on any atom is -0.444 e. The zero-order valence-electron chi connectivity index (χ0n) is 16.6. The summed E-state index contributed by atoms with van der Waals surface area (Å²) in [5.41, 5.74) is -0.703. The van der Waals surface area contributed by atoms with E-state index in [9.17, 15) is 27.6 Å². The summed E-state index contributed by atoms with van der Waals surface area (Å²) >= 11 is 0. The van der Waals surface area contributed by atoms with Crippen LogP contribution in [0.5, 0.6) is 0 Å². The quantitative estimate of drug-likeness (QED) is 0.714. The number of fused-ring (bicyclic) bond motifs is 1. The number of hydrogen-bond donors (Lipinski definition) is 1. The topological polar surface area (TPSA) is 78.5 Å². The molecule has 3 rings (SSSR count). The molecule has 6 nitrogen and oxygen atoms in total. The summed E-state index contributed by atoms with van der Waals surface area (Å²) in [6.45, 7) is 4.93. The van der Waals surface area contributed by atoms with Gasteiger partial charge in [0.2, 0.25) is 5.76 Å². The van der Waals surface area contributed by atoms with Gasteiger partial charge in [0, 0.05) is 17.5 Å². The predicted molar refractivity (Wildman–Crippen MR) is 101 cm³/mol. The van der Waals surface area contributed by atoms with Gasteiger partial charge in [0.25, 0.3) is 0 Å². The van der Waals surface area contributed by atoms with Crippen LogP contribution in [0, 0.1) is 11.3 Å². The van der Waals surface area contributed by atoms with Gasteiger partial charge in [0.15, 0.2) is 5.58 Å². The third kappa shape index (κ3) is 4.78. The van der Waals surface area contributed by atoms with Crippen molar-refractivity contribution < 1.29 is 31.5 Å². The van der Waals surface area contributed by atoms with Crippen LogP contribution in [-0.2, 0) is 11.2 Å². The van der Waals surface area contributed by atoms with Crippen LogP contribution in [0.15, 0.2) is 22.6 Å². The molecular formula is C20H21F4N3O3. The highest BCUT2D eigenvalue weighted by Crippen LogP contribution is 2.36. The molecule has 2 heterocycles. The van der Waals surface area contributed by atoms with E-state index < -0.39 is 42.3 Å². The number of halogens is 4. The number of alkyl halides is 4. The lowest BCUT2D eigenvalue weighted by Crippen LogP contribution is -2.36. The summed E-state index contributed by atoms with van der Waals surface area (Å²) in [5, 5.41) is 12.2. The maximum absolute atomic E-state index is 14.5. The molecule has 0 aliphatic carbocycles. The largest absolute Gasteiger partial charge is 0.444 e. The molecule has 2 aromatic rings.